The summed E-state index contributed by atoms with van der Waals surface area (Å²) in [6.45, 7) is 5.71. The minimum atomic E-state index is -0.701. The number of aromatic amines is 1. The fraction of sp³-hybridized carbons (Fsp3) is 0.769. The largest absolute Gasteiger partial charge is 0.368 e. The van der Waals surface area contributed by atoms with Gasteiger partial charge in [0.15, 0.2) is 5.16 Å². The predicted molar refractivity (Wildman–Crippen MR) is 82.3 cm³/mol. The predicted octanol–water partition coefficient (Wildman–Crippen LogP) is 0.631. The van der Waals surface area contributed by atoms with Crippen LogP contribution in [0.15, 0.2) is 9.95 Å². The summed E-state index contributed by atoms with van der Waals surface area (Å²) in [6, 6.07) is 0.456. The van der Waals surface area contributed by atoms with Crippen molar-refractivity contribution in [2.45, 2.75) is 62.8 Å². The highest BCUT2D eigenvalue weighted by atomic mass is 32.2. The maximum atomic E-state index is 11.7. The van der Waals surface area contributed by atoms with E-state index in [-0.39, 0.29) is 17.6 Å². The van der Waals surface area contributed by atoms with Gasteiger partial charge in [0.1, 0.15) is 0 Å². The topological polar surface area (TPSA) is 106 Å². The normalized spacial score (nSPS) is 17.9. The highest BCUT2D eigenvalue weighted by Crippen LogP contribution is 2.26. The van der Waals surface area contributed by atoms with Crippen LogP contribution in [-0.2, 0) is 4.79 Å². The average molecular weight is 313 g/mol. The SMILES string of the molecule is CC(C)n1c(SCCC(C)(NC2CC2)C(N)=O)n[nH]c1=O. The van der Waals surface area contributed by atoms with Crippen LogP contribution < -0.4 is 16.7 Å². The Morgan fingerprint density at radius 2 is 2.29 bits per heavy atom. The quantitative estimate of drug-likeness (QED) is 0.610. The van der Waals surface area contributed by atoms with Crippen molar-refractivity contribution < 1.29 is 4.79 Å². The molecule has 118 valence electrons. The van der Waals surface area contributed by atoms with E-state index in [0.717, 1.165) is 12.8 Å². The number of thioether (sulfide) groups is 1. The van der Waals surface area contributed by atoms with Gasteiger partial charge in [-0.15, -0.1) is 5.10 Å². The lowest BCUT2D eigenvalue weighted by molar-refractivity contribution is -0.124. The molecule has 1 heterocycles. The van der Waals surface area contributed by atoms with Gasteiger partial charge in [0.05, 0.1) is 5.54 Å². The Balaban J connectivity index is 1.96. The first-order valence-electron chi connectivity index (χ1n) is 7.21. The molecule has 2 rings (SSSR count). The number of rotatable bonds is 8. The highest BCUT2D eigenvalue weighted by molar-refractivity contribution is 7.99. The van der Waals surface area contributed by atoms with Gasteiger partial charge in [0.25, 0.3) is 0 Å². The lowest BCUT2D eigenvalue weighted by Gasteiger charge is -2.27. The van der Waals surface area contributed by atoms with E-state index in [9.17, 15) is 9.59 Å². The first-order valence-corrected chi connectivity index (χ1v) is 8.19. The zero-order valence-corrected chi connectivity index (χ0v) is 13.5. The first kappa shape index (κ1) is 16.1. The van der Waals surface area contributed by atoms with Crippen molar-refractivity contribution in [1.82, 2.24) is 20.1 Å². The fourth-order valence-electron chi connectivity index (χ4n) is 2.14. The Bertz CT molecular complexity index is 563. The van der Waals surface area contributed by atoms with E-state index in [1.165, 1.54) is 11.8 Å². The number of hydrogen-bond acceptors (Lipinski definition) is 5. The van der Waals surface area contributed by atoms with Crippen LogP contribution in [0.5, 0.6) is 0 Å². The Morgan fingerprint density at radius 3 is 2.81 bits per heavy atom. The molecule has 1 aromatic heterocycles. The summed E-state index contributed by atoms with van der Waals surface area (Å²) in [5.74, 6) is 0.328. The minimum absolute atomic E-state index is 0.0471. The molecule has 1 amide bonds. The third-order valence-corrected chi connectivity index (χ3v) is 4.62. The molecule has 4 N–H and O–H groups in total. The van der Waals surface area contributed by atoms with Gasteiger partial charge in [0, 0.05) is 17.8 Å². The molecule has 0 aliphatic heterocycles. The van der Waals surface area contributed by atoms with Gasteiger partial charge >= 0.3 is 5.69 Å². The summed E-state index contributed by atoms with van der Waals surface area (Å²) >= 11 is 1.46. The lowest BCUT2D eigenvalue weighted by Crippen LogP contribution is -2.54. The molecule has 0 saturated heterocycles. The van der Waals surface area contributed by atoms with Crippen molar-refractivity contribution >= 4 is 17.7 Å². The Morgan fingerprint density at radius 1 is 1.62 bits per heavy atom. The van der Waals surface area contributed by atoms with Crippen molar-refractivity contribution in [3.8, 4) is 0 Å². The van der Waals surface area contributed by atoms with Gasteiger partial charge in [-0.2, -0.15) is 0 Å². The summed E-state index contributed by atoms with van der Waals surface area (Å²) in [5.41, 5.74) is 4.61. The second-order valence-electron chi connectivity index (χ2n) is 5.99. The van der Waals surface area contributed by atoms with Crippen LogP contribution >= 0.6 is 11.8 Å². The lowest BCUT2D eigenvalue weighted by atomic mass is 9.98. The summed E-state index contributed by atoms with van der Waals surface area (Å²) in [7, 11) is 0. The van der Waals surface area contributed by atoms with Crippen molar-refractivity contribution in [3.05, 3.63) is 10.5 Å². The van der Waals surface area contributed by atoms with E-state index in [1.54, 1.807) is 4.57 Å². The minimum Gasteiger partial charge on any atom is -0.368 e. The molecule has 0 bridgehead atoms. The molecule has 1 aromatic rings. The smallest absolute Gasteiger partial charge is 0.344 e. The van der Waals surface area contributed by atoms with E-state index in [2.05, 4.69) is 15.5 Å². The fourth-order valence-corrected chi connectivity index (χ4v) is 3.37. The van der Waals surface area contributed by atoms with Gasteiger partial charge in [-0.1, -0.05) is 11.8 Å². The molecule has 7 nitrogen and oxygen atoms in total. The zero-order valence-electron chi connectivity index (χ0n) is 12.7. The number of nitrogens with two attached hydrogens (primary N) is 1. The van der Waals surface area contributed by atoms with Gasteiger partial charge < -0.3 is 11.1 Å². The molecule has 0 radical (unpaired) electrons. The number of aromatic nitrogens is 3. The third-order valence-electron chi connectivity index (χ3n) is 3.67. The van der Waals surface area contributed by atoms with Gasteiger partial charge in [0.2, 0.25) is 5.91 Å². The van der Waals surface area contributed by atoms with Crippen LogP contribution in [0.1, 0.15) is 46.1 Å². The first-order chi connectivity index (χ1) is 9.83. The molecule has 0 aromatic carbocycles. The number of nitrogens with zero attached hydrogens (tertiary/aromatic N) is 2. The molecule has 1 fully saturated rings. The summed E-state index contributed by atoms with van der Waals surface area (Å²) < 4.78 is 1.61. The van der Waals surface area contributed by atoms with Crippen LogP contribution in [0.2, 0.25) is 0 Å². The molecular formula is C13H23N5O2S. The van der Waals surface area contributed by atoms with Crippen molar-refractivity contribution in [2.24, 2.45) is 5.73 Å². The zero-order chi connectivity index (χ0) is 15.6. The molecule has 1 aliphatic carbocycles. The van der Waals surface area contributed by atoms with Crippen LogP contribution in [-0.4, -0.2) is 38.0 Å². The second kappa shape index (κ2) is 6.23. The Labute approximate surface area is 128 Å². The third kappa shape index (κ3) is 3.88. The summed E-state index contributed by atoms with van der Waals surface area (Å²) in [6.07, 6.45) is 2.80. The van der Waals surface area contributed by atoms with Crippen molar-refractivity contribution in [3.63, 3.8) is 0 Å². The maximum Gasteiger partial charge on any atom is 0.344 e. The molecule has 1 aliphatic rings. The number of amides is 1. The van der Waals surface area contributed by atoms with Gasteiger partial charge in [-0.3, -0.25) is 9.36 Å². The monoisotopic (exact) mass is 313 g/mol. The molecule has 0 spiro atoms. The second-order valence-corrected chi connectivity index (χ2v) is 7.05. The van der Waals surface area contributed by atoms with Gasteiger partial charge in [-0.25, -0.2) is 9.89 Å². The van der Waals surface area contributed by atoms with E-state index in [4.69, 9.17) is 5.73 Å². The molecule has 8 heteroatoms. The number of H-pyrrole nitrogens is 1. The molecular weight excluding hydrogens is 290 g/mol. The van der Waals surface area contributed by atoms with Crippen LogP contribution in [0.25, 0.3) is 0 Å². The number of primary amides is 1. The van der Waals surface area contributed by atoms with E-state index in [1.807, 2.05) is 20.8 Å². The number of hydrogen-bond donors (Lipinski definition) is 3. The highest BCUT2D eigenvalue weighted by Gasteiger charge is 2.36. The molecule has 1 saturated carbocycles. The van der Waals surface area contributed by atoms with Crippen LogP contribution in [0.3, 0.4) is 0 Å². The summed E-state index contributed by atoms with van der Waals surface area (Å²) in [4.78, 5) is 23.3. The van der Waals surface area contributed by atoms with Crippen molar-refractivity contribution in [1.29, 1.82) is 0 Å². The van der Waals surface area contributed by atoms with E-state index >= 15 is 0 Å². The standard InChI is InChI=1S/C13H23N5O2S/c1-8(2)18-11(20)16-17-12(18)21-7-6-13(3,10(14)19)15-9-4-5-9/h8-9,15H,4-7H2,1-3H3,(H2,14,19)(H,16,20). The summed E-state index contributed by atoms with van der Waals surface area (Å²) in [5, 5.41) is 10.4. The number of nitrogens with one attached hydrogen (secondary N) is 2. The molecule has 1 atom stereocenters. The van der Waals surface area contributed by atoms with E-state index < -0.39 is 5.54 Å². The van der Waals surface area contributed by atoms with E-state index in [0.29, 0.717) is 23.4 Å². The maximum absolute atomic E-state index is 11.7. The Hall–Kier alpha value is -1.28. The van der Waals surface area contributed by atoms with Gasteiger partial charge in [-0.05, 0) is 40.0 Å². The number of carbonyl (C=O) groups excluding carboxylic acids is 1. The molecule has 21 heavy (non-hydrogen) atoms. The van der Waals surface area contributed by atoms with Crippen molar-refractivity contribution in [2.75, 3.05) is 5.75 Å². The molecule has 1 unspecified atom stereocenters. The average Bonchev–Trinajstić information content (AvgIpc) is 3.11. The van der Waals surface area contributed by atoms with Crippen LogP contribution in [0.4, 0.5) is 0 Å². The van der Waals surface area contributed by atoms with Crippen LogP contribution in [0, 0.1) is 0 Å². The number of carbonyl (C=O) groups is 1. The Kier molecular flexibility index (Phi) is 4.77.